The van der Waals surface area contributed by atoms with Crippen LogP contribution < -0.4 is 0 Å². The Bertz CT molecular complexity index is 228. The zero-order chi connectivity index (χ0) is 9.90. The molecular formula is C14H20. The van der Waals surface area contributed by atoms with Crippen molar-refractivity contribution in [2.75, 3.05) is 0 Å². The Kier molecular flexibility index (Phi) is 6.74. The van der Waals surface area contributed by atoms with Crippen LogP contribution in [0.1, 0.15) is 38.5 Å². The van der Waals surface area contributed by atoms with E-state index in [0.717, 1.165) is 6.42 Å². The first kappa shape index (κ1) is 11.0. The van der Waals surface area contributed by atoms with E-state index in [1.54, 1.807) is 0 Å². The van der Waals surface area contributed by atoms with Gasteiger partial charge in [-0.2, -0.15) is 0 Å². The summed E-state index contributed by atoms with van der Waals surface area (Å²) < 4.78 is 0. The normalized spacial score (nSPS) is 24.0. The summed E-state index contributed by atoms with van der Waals surface area (Å²) >= 11 is 0. The predicted molar refractivity (Wildman–Crippen MR) is 64.3 cm³/mol. The average molecular weight is 188 g/mol. The second-order valence-electron chi connectivity index (χ2n) is 3.59. The van der Waals surface area contributed by atoms with Crippen molar-refractivity contribution in [3.05, 3.63) is 48.6 Å². The van der Waals surface area contributed by atoms with Crippen LogP contribution in [-0.2, 0) is 0 Å². The summed E-state index contributed by atoms with van der Waals surface area (Å²) in [4.78, 5) is 0. The predicted octanol–water partition coefficient (Wildman–Crippen LogP) is 4.57. The Morgan fingerprint density at radius 3 is 2.07 bits per heavy atom. The summed E-state index contributed by atoms with van der Waals surface area (Å²) in [6, 6.07) is 0. The molecule has 0 atom stereocenters. The van der Waals surface area contributed by atoms with E-state index in [-0.39, 0.29) is 0 Å². The molecule has 0 aliphatic heterocycles. The minimum Gasteiger partial charge on any atom is -0.0882 e. The second-order valence-corrected chi connectivity index (χ2v) is 3.59. The number of rotatable bonds is 0. The van der Waals surface area contributed by atoms with Gasteiger partial charge >= 0.3 is 0 Å². The summed E-state index contributed by atoms with van der Waals surface area (Å²) in [7, 11) is 0. The van der Waals surface area contributed by atoms with Crippen LogP contribution in [0, 0.1) is 0 Å². The minimum absolute atomic E-state index is 1.06. The van der Waals surface area contributed by atoms with E-state index < -0.39 is 0 Å². The van der Waals surface area contributed by atoms with Crippen molar-refractivity contribution < 1.29 is 0 Å². The Morgan fingerprint density at radius 2 is 1.21 bits per heavy atom. The lowest BCUT2D eigenvalue weighted by molar-refractivity contribution is 0.695. The SMILES string of the molecule is C1=C/C=C/CCCCC/C=C/CC=C1. The van der Waals surface area contributed by atoms with Crippen LogP contribution in [0.5, 0.6) is 0 Å². The zero-order valence-corrected chi connectivity index (χ0v) is 8.86. The third-order valence-electron chi connectivity index (χ3n) is 2.29. The zero-order valence-electron chi connectivity index (χ0n) is 8.86. The molecule has 0 nitrogen and oxygen atoms in total. The van der Waals surface area contributed by atoms with Crippen molar-refractivity contribution in [2.24, 2.45) is 0 Å². The molecule has 0 aromatic heterocycles. The van der Waals surface area contributed by atoms with Gasteiger partial charge in [-0.3, -0.25) is 0 Å². The van der Waals surface area contributed by atoms with Crippen molar-refractivity contribution in [3.63, 3.8) is 0 Å². The largest absolute Gasteiger partial charge is 0.0882 e. The highest BCUT2D eigenvalue weighted by Crippen LogP contribution is 2.05. The van der Waals surface area contributed by atoms with E-state index in [9.17, 15) is 0 Å². The van der Waals surface area contributed by atoms with Crippen LogP contribution in [0.4, 0.5) is 0 Å². The summed E-state index contributed by atoms with van der Waals surface area (Å²) in [6.45, 7) is 0. The van der Waals surface area contributed by atoms with Crippen molar-refractivity contribution in [1.82, 2.24) is 0 Å². The molecule has 0 fully saturated rings. The fraction of sp³-hybridized carbons (Fsp3) is 0.429. The standard InChI is InChI=1S/C14H20/c1-2-4-6-8-10-12-14-13-11-9-7-5-3-1/h1-6,9,11H,7-8,10,12-14H2/b2-1?,5-3?,6-4+,11-9+. The molecular weight excluding hydrogens is 168 g/mol. The van der Waals surface area contributed by atoms with E-state index in [4.69, 9.17) is 0 Å². The molecule has 0 saturated heterocycles. The van der Waals surface area contributed by atoms with Crippen molar-refractivity contribution in [1.29, 1.82) is 0 Å². The molecule has 0 aromatic carbocycles. The number of hydrogen-bond donors (Lipinski definition) is 0. The molecule has 0 saturated carbocycles. The first-order chi connectivity index (χ1) is 7.00. The lowest BCUT2D eigenvalue weighted by atomic mass is 10.1. The second kappa shape index (κ2) is 8.55. The molecule has 0 unspecified atom stereocenters. The molecule has 76 valence electrons. The van der Waals surface area contributed by atoms with Gasteiger partial charge in [0.1, 0.15) is 0 Å². The maximum Gasteiger partial charge on any atom is -0.0166 e. The summed E-state index contributed by atoms with van der Waals surface area (Å²) in [6.07, 6.45) is 25.0. The highest BCUT2D eigenvalue weighted by molar-refractivity contribution is 5.11. The summed E-state index contributed by atoms with van der Waals surface area (Å²) in [5.41, 5.74) is 0. The van der Waals surface area contributed by atoms with Crippen LogP contribution >= 0.6 is 0 Å². The summed E-state index contributed by atoms with van der Waals surface area (Å²) in [5, 5.41) is 0. The molecule has 0 spiro atoms. The van der Waals surface area contributed by atoms with E-state index in [0.29, 0.717) is 0 Å². The molecule has 1 aliphatic carbocycles. The number of hydrogen-bond acceptors (Lipinski definition) is 0. The number of allylic oxidation sites excluding steroid dienone is 8. The van der Waals surface area contributed by atoms with Gasteiger partial charge in [-0.1, -0.05) is 55.0 Å². The van der Waals surface area contributed by atoms with Gasteiger partial charge in [0.25, 0.3) is 0 Å². The van der Waals surface area contributed by atoms with Gasteiger partial charge in [0, 0.05) is 0 Å². The summed E-state index contributed by atoms with van der Waals surface area (Å²) in [5.74, 6) is 0. The molecule has 0 radical (unpaired) electrons. The molecule has 0 heterocycles. The van der Waals surface area contributed by atoms with Crippen molar-refractivity contribution in [2.45, 2.75) is 38.5 Å². The lowest BCUT2D eigenvalue weighted by Gasteiger charge is -1.95. The molecule has 0 aromatic rings. The van der Waals surface area contributed by atoms with E-state index in [1.807, 2.05) is 0 Å². The molecule has 0 heteroatoms. The van der Waals surface area contributed by atoms with Gasteiger partial charge < -0.3 is 0 Å². The topological polar surface area (TPSA) is 0 Å². The van der Waals surface area contributed by atoms with Crippen molar-refractivity contribution in [3.8, 4) is 0 Å². The third-order valence-corrected chi connectivity index (χ3v) is 2.29. The average Bonchev–Trinajstić information content (AvgIpc) is 2.22. The van der Waals surface area contributed by atoms with Gasteiger partial charge in [0.05, 0.1) is 0 Å². The molecule has 1 aliphatic rings. The van der Waals surface area contributed by atoms with Crippen molar-refractivity contribution >= 4 is 0 Å². The first-order valence-electron chi connectivity index (χ1n) is 5.63. The van der Waals surface area contributed by atoms with Crippen LogP contribution in [0.25, 0.3) is 0 Å². The molecule has 0 bridgehead atoms. The van der Waals surface area contributed by atoms with Gasteiger partial charge in [-0.15, -0.1) is 0 Å². The van der Waals surface area contributed by atoms with Crippen LogP contribution in [0.3, 0.4) is 0 Å². The maximum atomic E-state index is 2.30. The Balaban J connectivity index is 2.36. The highest BCUT2D eigenvalue weighted by Gasteiger charge is 1.85. The van der Waals surface area contributed by atoms with Gasteiger partial charge in [-0.25, -0.2) is 0 Å². The fourth-order valence-electron chi connectivity index (χ4n) is 1.45. The quantitative estimate of drug-likeness (QED) is 0.489. The molecule has 1 rings (SSSR count). The highest BCUT2D eigenvalue weighted by atomic mass is 13.9. The molecule has 0 amide bonds. The molecule has 14 heavy (non-hydrogen) atoms. The molecule has 0 N–H and O–H groups in total. The third kappa shape index (κ3) is 6.47. The van der Waals surface area contributed by atoms with Gasteiger partial charge in [0.15, 0.2) is 0 Å². The van der Waals surface area contributed by atoms with Crippen LogP contribution in [0.15, 0.2) is 48.6 Å². The van der Waals surface area contributed by atoms with Crippen LogP contribution in [0.2, 0.25) is 0 Å². The van der Waals surface area contributed by atoms with Crippen LogP contribution in [-0.4, -0.2) is 0 Å². The van der Waals surface area contributed by atoms with E-state index in [1.165, 1.54) is 32.1 Å². The Labute approximate surface area is 87.7 Å². The maximum absolute atomic E-state index is 2.30. The Hall–Kier alpha value is -1.04. The monoisotopic (exact) mass is 188 g/mol. The van der Waals surface area contributed by atoms with E-state index >= 15 is 0 Å². The van der Waals surface area contributed by atoms with Gasteiger partial charge in [0.2, 0.25) is 0 Å². The smallest absolute Gasteiger partial charge is 0.0166 e. The van der Waals surface area contributed by atoms with Gasteiger partial charge in [-0.05, 0) is 32.1 Å². The Morgan fingerprint density at radius 1 is 0.500 bits per heavy atom. The fourth-order valence-corrected chi connectivity index (χ4v) is 1.45. The lowest BCUT2D eigenvalue weighted by Crippen LogP contribution is -1.75. The minimum atomic E-state index is 1.06. The first-order valence-corrected chi connectivity index (χ1v) is 5.63. The van der Waals surface area contributed by atoms with E-state index in [2.05, 4.69) is 48.6 Å².